The molecule has 2 heteroatoms. The number of hydrogen-bond acceptors (Lipinski definition) is 0. The van der Waals surface area contributed by atoms with Crippen molar-refractivity contribution in [3.05, 3.63) is 42.5 Å². The number of fused-ring (bicyclic) bond motifs is 2. The van der Waals surface area contributed by atoms with Crippen LogP contribution in [0, 0.1) is 11.8 Å². The van der Waals surface area contributed by atoms with E-state index in [-0.39, 0.29) is 0 Å². The van der Waals surface area contributed by atoms with E-state index in [1.165, 1.54) is 10.9 Å². The molecular weight excluding hydrogens is 271 g/mol. The molecule has 1 saturated carbocycles. The molecule has 0 aliphatic heterocycles. The zero-order valence-electron chi connectivity index (χ0n) is 8.34. The summed E-state index contributed by atoms with van der Waals surface area (Å²) in [6.07, 6.45) is 6.01. The summed E-state index contributed by atoms with van der Waals surface area (Å²) in [6, 6.07) is 10.8. The molecule has 0 N–H and O–H groups in total. The molecular formula is C13H13ClSe. The Hall–Kier alpha value is -0.231. The molecule has 0 radical (unpaired) electrons. The van der Waals surface area contributed by atoms with Gasteiger partial charge in [0.15, 0.2) is 0 Å². The molecule has 4 atom stereocenters. The quantitative estimate of drug-likeness (QED) is 0.445. The van der Waals surface area contributed by atoms with E-state index in [0.29, 0.717) is 26.3 Å². The Bertz CT molecular complexity index is 373. The first kappa shape index (κ1) is 9.96. The van der Waals surface area contributed by atoms with Gasteiger partial charge in [0.1, 0.15) is 0 Å². The van der Waals surface area contributed by atoms with E-state index in [2.05, 4.69) is 42.5 Å². The van der Waals surface area contributed by atoms with Crippen molar-refractivity contribution in [1.29, 1.82) is 0 Å². The maximum atomic E-state index is 6.49. The summed E-state index contributed by atoms with van der Waals surface area (Å²) in [5.41, 5.74) is 0. The van der Waals surface area contributed by atoms with Gasteiger partial charge in [0.2, 0.25) is 0 Å². The van der Waals surface area contributed by atoms with Crippen molar-refractivity contribution in [2.24, 2.45) is 11.8 Å². The molecule has 3 rings (SSSR count). The Morgan fingerprint density at radius 3 is 2.47 bits per heavy atom. The van der Waals surface area contributed by atoms with Crippen LogP contribution in [0.2, 0.25) is 4.82 Å². The van der Waals surface area contributed by atoms with Gasteiger partial charge in [-0.25, -0.2) is 0 Å². The molecule has 0 aromatic heterocycles. The molecule has 1 aromatic carbocycles. The minimum absolute atomic E-state index is 0.389. The Morgan fingerprint density at radius 1 is 1.07 bits per heavy atom. The topological polar surface area (TPSA) is 0 Å². The molecule has 78 valence electrons. The molecule has 2 bridgehead atoms. The van der Waals surface area contributed by atoms with E-state index in [9.17, 15) is 0 Å². The van der Waals surface area contributed by atoms with Crippen molar-refractivity contribution in [3.63, 3.8) is 0 Å². The van der Waals surface area contributed by atoms with Crippen LogP contribution < -0.4 is 4.46 Å². The molecule has 2 aliphatic carbocycles. The van der Waals surface area contributed by atoms with Crippen LogP contribution in [0.15, 0.2) is 42.5 Å². The molecule has 0 spiro atoms. The molecule has 2 aliphatic rings. The second-order valence-electron chi connectivity index (χ2n) is 4.29. The number of benzene rings is 1. The zero-order chi connectivity index (χ0) is 10.3. The normalized spacial score (nSPS) is 37.4. The van der Waals surface area contributed by atoms with Crippen molar-refractivity contribution in [1.82, 2.24) is 0 Å². The Kier molecular flexibility index (Phi) is 2.64. The second kappa shape index (κ2) is 3.97. The third-order valence-electron chi connectivity index (χ3n) is 3.31. The predicted octanol–water partition coefficient (Wildman–Crippen LogP) is 2.62. The average Bonchev–Trinajstić information content (AvgIpc) is 2.84. The van der Waals surface area contributed by atoms with Gasteiger partial charge in [-0.05, 0) is 0 Å². The van der Waals surface area contributed by atoms with Crippen LogP contribution in [0.4, 0.5) is 0 Å². The summed E-state index contributed by atoms with van der Waals surface area (Å²) in [5, 5.41) is 0.389. The first-order valence-electron chi connectivity index (χ1n) is 5.39. The van der Waals surface area contributed by atoms with Crippen LogP contribution >= 0.6 is 11.6 Å². The van der Waals surface area contributed by atoms with Crippen LogP contribution in [-0.2, 0) is 0 Å². The fourth-order valence-corrected chi connectivity index (χ4v) is 5.97. The summed E-state index contributed by atoms with van der Waals surface area (Å²) in [6.45, 7) is 0. The second-order valence-corrected chi connectivity index (χ2v) is 7.42. The third kappa shape index (κ3) is 1.78. The van der Waals surface area contributed by atoms with Crippen molar-refractivity contribution in [2.75, 3.05) is 0 Å². The van der Waals surface area contributed by atoms with Crippen LogP contribution in [0.25, 0.3) is 0 Å². The summed E-state index contributed by atoms with van der Waals surface area (Å²) in [7, 11) is 0. The molecule has 1 fully saturated rings. The first-order chi connectivity index (χ1) is 7.34. The van der Waals surface area contributed by atoms with E-state index in [1.54, 1.807) is 0 Å². The van der Waals surface area contributed by atoms with Gasteiger partial charge >= 0.3 is 102 Å². The summed E-state index contributed by atoms with van der Waals surface area (Å²) < 4.78 is 1.49. The van der Waals surface area contributed by atoms with Crippen molar-refractivity contribution in [3.8, 4) is 0 Å². The molecule has 0 nitrogen and oxygen atoms in total. The molecule has 0 amide bonds. The van der Waals surface area contributed by atoms with Crippen molar-refractivity contribution < 1.29 is 0 Å². The van der Waals surface area contributed by atoms with Gasteiger partial charge in [0.05, 0.1) is 0 Å². The molecule has 0 saturated heterocycles. The first-order valence-corrected chi connectivity index (χ1v) is 7.67. The standard InChI is InChI=1S/C13H13ClSe/c14-12-9-6-7-10(8-9)13(12)15-11-4-2-1-3-5-11/h1-7,9-10,12-13H,8H2/t9-,10+,12+,13+/m0/s1. The Balaban J connectivity index is 1.77. The number of hydrogen-bond donors (Lipinski definition) is 0. The molecule has 0 unspecified atom stereocenters. The Labute approximate surface area is 102 Å². The van der Waals surface area contributed by atoms with E-state index < -0.39 is 0 Å². The average molecular weight is 284 g/mol. The summed E-state index contributed by atoms with van der Waals surface area (Å²) in [4.78, 5) is 0.719. The van der Waals surface area contributed by atoms with Gasteiger partial charge in [0.25, 0.3) is 0 Å². The number of halogens is 1. The molecule has 0 heterocycles. The number of rotatable bonds is 2. The summed E-state index contributed by atoms with van der Waals surface area (Å²) >= 11 is 7.03. The van der Waals surface area contributed by atoms with Crippen LogP contribution in [-0.4, -0.2) is 20.3 Å². The molecule has 1 aromatic rings. The van der Waals surface area contributed by atoms with Crippen LogP contribution in [0.3, 0.4) is 0 Å². The fraction of sp³-hybridized carbons (Fsp3) is 0.385. The van der Waals surface area contributed by atoms with Crippen LogP contribution in [0.5, 0.6) is 0 Å². The van der Waals surface area contributed by atoms with Crippen LogP contribution in [0.1, 0.15) is 6.42 Å². The zero-order valence-corrected chi connectivity index (χ0v) is 10.8. The van der Waals surface area contributed by atoms with Gasteiger partial charge in [-0.1, -0.05) is 0 Å². The third-order valence-corrected chi connectivity index (χ3v) is 7.31. The maximum absolute atomic E-state index is 6.49. The SMILES string of the molecule is Cl[C@H]1[C@H]([Se]c2ccccc2)[C@@H]2C=C[C@H]1C2. The van der Waals surface area contributed by atoms with E-state index in [0.717, 1.165) is 10.7 Å². The van der Waals surface area contributed by atoms with Gasteiger partial charge in [-0.2, -0.15) is 0 Å². The molecule has 15 heavy (non-hydrogen) atoms. The van der Waals surface area contributed by atoms with E-state index in [1.807, 2.05) is 0 Å². The van der Waals surface area contributed by atoms with Gasteiger partial charge in [-0.3, -0.25) is 0 Å². The van der Waals surface area contributed by atoms with Gasteiger partial charge in [-0.15, -0.1) is 0 Å². The number of alkyl halides is 1. The summed E-state index contributed by atoms with van der Waals surface area (Å²) in [5.74, 6) is 1.42. The van der Waals surface area contributed by atoms with Crippen molar-refractivity contribution >= 4 is 31.0 Å². The fourth-order valence-electron chi connectivity index (χ4n) is 2.52. The Morgan fingerprint density at radius 2 is 1.80 bits per heavy atom. The van der Waals surface area contributed by atoms with E-state index >= 15 is 0 Å². The van der Waals surface area contributed by atoms with E-state index in [4.69, 9.17) is 11.6 Å². The predicted molar refractivity (Wildman–Crippen MR) is 66.0 cm³/mol. The monoisotopic (exact) mass is 284 g/mol. The minimum atomic E-state index is 0.389. The van der Waals surface area contributed by atoms with Crippen molar-refractivity contribution in [2.45, 2.75) is 16.6 Å². The number of allylic oxidation sites excluding steroid dienone is 2. The van der Waals surface area contributed by atoms with Gasteiger partial charge < -0.3 is 0 Å². The van der Waals surface area contributed by atoms with Gasteiger partial charge in [0, 0.05) is 0 Å².